The largest absolute Gasteiger partial charge is 0.368 e. The lowest BCUT2D eigenvalue weighted by Crippen LogP contribution is -2.42. The molecule has 1 saturated carbocycles. The molecule has 0 unspecified atom stereocenters. The van der Waals surface area contributed by atoms with E-state index in [1.54, 1.807) is 25.1 Å². The summed E-state index contributed by atoms with van der Waals surface area (Å²) in [7, 11) is 0. The Labute approximate surface area is 117 Å². The van der Waals surface area contributed by atoms with Crippen LogP contribution in [0, 0.1) is 10.1 Å². The van der Waals surface area contributed by atoms with Crippen LogP contribution in [0.25, 0.3) is 0 Å². The summed E-state index contributed by atoms with van der Waals surface area (Å²) >= 11 is 0. The molecule has 20 heavy (non-hydrogen) atoms. The van der Waals surface area contributed by atoms with Gasteiger partial charge in [0.2, 0.25) is 5.91 Å². The number of carbonyl (C=O) groups excluding carboxylic acids is 1. The molecule has 6 nitrogen and oxygen atoms in total. The second-order valence-electron chi connectivity index (χ2n) is 5.13. The Morgan fingerprint density at radius 1 is 1.35 bits per heavy atom. The van der Waals surface area contributed by atoms with E-state index in [0.29, 0.717) is 5.69 Å². The number of hydrogen-bond donors (Lipinski definition) is 2. The van der Waals surface area contributed by atoms with Gasteiger partial charge in [-0.05, 0) is 25.8 Å². The van der Waals surface area contributed by atoms with Crippen molar-refractivity contribution in [2.24, 2.45) is 0 Å². The number of nitro benzene ring substituents is 1. The van der Waals surface area contributed by atoms with Crippen LogP contribution in [0.4, 0.5) is 11.4 Å². The SMILES string of the molecule is C[C@H](Nc1ccccc1[N+](=O)[O-])C(=O)NC1CCCC1. The number of carbonyl (C=O) groups is 1. The fourth-order valence-electron chi connectivity index (χ4n) is 2.45. The topological polar surface area (TPSA) is 84.3 Å². The molecule has 2 N–H and O–H groups in total. The van der Waals surface area contributed by atoms with Gasteiger partial charge >= 0.3 is 0 Å². The Morgan fingerprint density at radius 2 is 2.00 bits per heavy atom. The van der Waals surface area contributed by atoms with Crippen molar-refractivity contribution in [3.63, 3.8) is 0 Å². The van der Waals surface area contributed by atoms with E-state index in [-0.39, 0.29) is 17.6 Å². The van der Waals surface area contributed by atoms with Crippen LogP contribution in [0.2, 0.25) is 0 Å². The number of nitro groups is 1. The summed E-state index contributed by atoms with van der Waals surface area (Å²) in [5.41, 5.74) is 0.347. The molecular formula is C14H19N3O3. The zero-order valence-electron chi connectivity index (χ0n) is 11.5. The van der Waals surface area contributed by atoms with Crippen LogP contribution in [-0.2, 0) is 4.79 Å². The molecule has 0 spiro atoms. The van der Waals surface area contributed by atoms with Gasteiger partial charge in [0.05, 0.1) is 4.92 Å². The van der Waals surface area contributed by atoms with E-state index in [4.69, 9.17) is 0 Å². The van der Waals surface area contributed by atoms with Gasteiger partial charge in [-0.2, -0.15) is 0 Å². The minimum atomic E-state index is -0.503. The Morgan fingerprint density at radius 3 is 2.65 bits per heavy atom. The first kappa shape index (κ1) is 14.3. The predicted molar refractivity (Wildman–Crippen MR) is 76.6 cm³/mol. The van der Waals surface area contributed by atoms with Gasteiger partial charge < -0.3 is 10.6 Å². The summed E-state index contributed by atoms with van der Waals surface area (Å²) < 4.78 is 0. The smallest absolute Gasteiger partial charge is 0.292 e. The van der Waals surface area contributed by atoms with Gasteiger partial charge in [-0.3, -0.25) is 14.9 Å². The van der Waals surface area contributed by atoms with Gasteiger partial charge in [0.15, 0.2) is 0 Å². The van der Waals surface area contributed by atoms with Crippen molar-refractivity contribution in [1.82, 2.24) is 5.32 Å². The number of anilines is 1. The molecule has 2 rings (SSSR count). The van der Waals surface area contributed by atoms with E-state index in [0.717, 1.165) is 25.7 Å². The van der Waals surface area contributed by atoms with Crippen LogP contribution < -0.4 is 10.6 Å². The number of rotatable bonds is 5. The Kier molecular flexibility index (Phi) is 4.55. The molecule has 1 atom stereocenters. The summed E-state index contributed by atoms with van der Waals surface area (Å²) in [6.07, 6.45) is 4.34. The molecule has 0 radical (unpaired) electrons. The van der Waals surface area contributed by atoms with Crippen LogP contribution >= 0.6 is 0 Å². The highest BCUT2D eigenvalue weighted by atomic mass is 16.6. The van der Waals surface area contributed by atoms with Gasteiger partial charge in [-0.1, -0.05) is 25.0 Å². The number of benzene rings is 1. The molecular weight excluding hydrogens is 258 g/mol. The molecule has 0 saturated heterocycles. The number of nitrogens with one attached hydrogen (secondary N) is 2. The van der Waals surface area contributed by atoms with Crippen LogP contribution in [0.3, 0.4) is 0 Å². The minimum absolute atomic E-state index is 0.0204. The first-order valence-corrected chi connectivity index (χ1v) is 6.88. The molecule has 1 fully saturated rings. The second-order valence-corrected chi connectivity index (χ2v) is 5.13. The summed E-state index contributed by atoms with van der Waals surface area (Å²) in [5, 5.41) is 16.8. The number of para-hydroxylation sites is 2. The molecule has 0 aromatic heterocycles. The number of amides is 1. The summed E-state index contributed by atoms with van der Waals surface area (Å²) in [4.78, 5) is 22.5. The molecule has 0 aliphatic heterocycles. The van der Waals surface area contributed by atoms with Gasteiger partial charge in [-0.15, -0.1) is 0 Å². The highest BCUT2D eigenvalue weighted by Gasteiger charge is 2.22. The van der Waals surface area contributed by atoms with E-state index in [1.165, 1.54) is 6.07 Å². The van der Waals surface area contributed by atoms with E-state index in [1.807, 2.05) is 0 Å². The van der Waals surface area contributed by atoms with Crippen molar-refractivity contribution < 1.29 is 9.72 Å². The van der Waals surface area contributed by atoms with E-state index >= 15 is 0 Å². The van der Waals surface area contributed by atoms with Crippen molar-refractivity contribution in [2.45, 2.75) is 44.7 Å². The van der Waals surface area contributed by atoms with E-state index in [2.05, 4.69) is 10.6 Å². The summed E-state index contributed by atoms with van der Waals surface area (Å²) in [6, 6.07) is 6.08. The third-order valence-electron chi connectivity index (χ3n) is 3.57. The van der Waals surface area contributed by atoms with Crippen LogP contribution in [0.1, 0.15) is 32.6 Å². The lowest BCUT2D eigenvalue weighted by molar-refractivity contribution is -0.384. The Balaban J connectivity index is 1.98. The van der Waals surface area contributed by atoms with Crippen LogP contribution in [0.15, 0.2) is 24.3 Å². The monoisotopic (exact) mass is 277 g/mol. The number of hydrogen-bond acceptors (Lipinski definition) is 4. The van der Waals surface area contributed by atoms with Crippen molar-refractivity contribution in [3.8, 4) is 0 Å². The van der Waals surface area contributed by atoms with Gasteiger partial charge in [0.25, 0.3) is 5.69 Å². The van der Waals surface area contributed by atoms with Gasteiger partial charge in [-0.25, -0.2) is 0 Å². The third-order valence-corrected chi connectivity index (χ3v) is 3.57. The first-order valence-electron chi connectivity index (χ1n) is 6.88. The maximum absolute atomic E-state index is 12.0. The standard InChI is InChI=1S/C14H19N3O3/c1-10(14(18)16-11-6-2-3-7-11)15-12-8-4-5-9-13(12)17(19)20/h4-5,8-11,15H,2-3,6-7H2,1H3,(H,16,18)/t10-/m0/s1. The summed E-state index contributed by atoms with van der Waals surface area (Å²) in [6.45, 7) is 1.71. The Hall–Kier alpha value is -2.11. The summed E-state index contributed by atoms with van der Waals surface area (Å²) in [5.74, 6) is -0.116. The lowest BCUT2D eigenvalue weighted by Gasteiger charge is -2.18. The van der Waals surface area contributed by atoms with E-state index in [9.17, 15) is 14.9 Å². The fourth-order valence-corrected chi connectivity index (χ4v) is 2.45. The predicted octanol–water partition coefficient (Wildman–Crippen LogP) is 2.45. The lowest BCUT2D eigenvalue weighted by atomic mass is 10.2. The number of nitrogens with zero attached hydrogens (tertiary/aromatic N) is 1. The molecule has 6 heteroatoms. The average molecular weight is 277 g/mol. The fraction of sp³-hybridized carbons (Fsp3) is 0.500. The van der Waals surface area contributed by atoms with Crippen molar-refractivity contribution in [2.75, 3.05) is 5.32 Å². The van der Waals surface area contributed by atoms with Crippen LogP contribution in [-0.4, -0.2) is 22.9 Å². The molecule has 1 aromatic rings. The van der Waals surface area contributed by atoms with Gasteiger partial charge in [0.1, 0.15) is 11.7 Å². The average Bonchev–Trinajstić information content (AvgIpc) is 2.91. The zero-order chi connectivity index (χ0) is 14.5. The van der Waals surface area contributed by atoms with E-state index < -0.39 is 11.0 Å². The molecule has 1 aromatic carbocycles. The van der Waals surface area contributed by atoms with Crippen molar-refractivity contribution >= 4 is 17.3 Å². The van der Waals surface area contributed by atoms with Gasteiger partial charge in [0, 0.05) is 12.1 Å². The maximum atomic E-state index is 12.0. The van der Waals surface area contributed by atoms with Crippen molar-refractivity contribution in [1.29, 1.82) is 0 Å². The molecule has 0 heterocycles. The normalized spacial score (nSPS) is 16.6. The third kappa shape index (κ3) is 3.46. The van der Waals surface area contributed by atoms with Crippen molar-refractivity contribution in [3.05, 3.63) is 34.4 Å². The molecule has 1 amide bonds. The van der Waals surface area contributed by atoms with Crippen LogP contribution in [0.5, 0.6) is 0 Å². The minimum Gasteiger partial charge on any atom is -0.368 e. The first-order chi connectivity index (χ1) is 9.58. The quantitative estimate of drug-likeness (QED) is 0.639. The Bertz CT molecular complexity index is 498. The highest BCUT2D eigenvalue weighted by Crippen LogP contribution is 2.24. The molecule has 108 valence electrons. The highest BCUT2D eigenvalue weighted by molar-refractivity contribution is 5.85. The second kappa shape index (κ2) is 6.36. The maximum Gasteiger partial charge on any atom is 0.292 e. The zero-order valence-corrected chi connectivity index (χ0v) is 11.5. The molecule has 1 aliphatic carbocycles. The molecule has 1 aliphatic rings. The molecule has 0 bridgehead atoms.